The van der Waals surface area contributed by atoms with Crippen LogP contribution < -0.4 is 14.4 Å². The summed E-state index contributed by atoms with van der Waals surface area (Å²) in [6.07, 6.45) is 0. The number of hydrogen-bond acceptors (Lipinski definition) is 6. The quantitative estimate of drug-likeness (QED) is 0.570. The van der Waals surface area contributed by atoms with Gasteiger partial charge < -0.3 is 10.1 Å². The lowest BCUT2D eigenvalue weighted by Crippen LogP contribution is -2.28. The van der Waals surface area contributed by atoms with E-state index in [9.17, 15) is 23.3 Å². The van der Waals surface area contributed by atoms with E-state index in [1.54, 1.807) is 6.92 Å². The monoisotopic (exact) mass is 393 g/mol. The van der Waals surface area contributed by atoms with E-state index in [-0.39, 0.29) is 28.4 Å². The number of nitro groups is 1. The van der Waals surface area contributed by atoms with Crippen LogP contribution in [0.4, 0.5) is 17.1 Å². The van der Waals surface area contributed by atoms with Crippen LogP contribution in [0.3, 0.4) is 0 Å². The Hall–Kier alpha value is -3.14. The SMILES string of the molecule is CCS(=O)(=O)N(C)c1ccc(C(=O)Nc2cc([N+](=O)[O-])ccc2OC)cc1. The fraction of sp³-hybridized carbons (Fsp3) is 0.235. The number of nitro benzene ring substituents is 1. The molecular weight excluding hydrogens is 374 g/mol. The molecule has 2 aromatic carbocycles. The molecule has 0 heterocycles. The van der Waals surface area contributed by atoms with Gasteiger partial charge in [0.15, 0.2) is 0 Å². The fourth-order valence-electron chi connectivity index (χ4n) is 2.28. The predicted octanol–water partition coefficient (Wildman–Crippen LogP) is 2.64. The van der Waals surface area contributed by atoms with Crippen LogP contribution in [0.5, 0.6) is 5.75 Å². The molecule has 0 fully saturated rings. The zero-order valence-corrected chi connectivity index (χ0v) is 15.8. The van der Waals surface area contributed by atoms with Gasteiger partial charge in [-0.3, -0.25) is 19.2 Å². The first-order valence-electron chi connectivity index (χ1n) is 7.90. The van der Waals surface area contributed by atoms with Gasteiger partial charge in [-0.05, 0) is 37.3 Å². The number of carbonyl (C=O) groups is 1. The Morgan fingerprint density at radius 3 is 2.37 bits per heavy atom. The molecule has 0 saturated carbocycles. The molecule has 9 nitrogen and oxygen atoms in total. The molecule has 0 spiro atoms. The molecule has 27 heavy (non-hydrogen) atoms. The molecule has 0 atom stereocenters. The van der Waals surface area contributed by atoms with Crippen molar-refractivity contribution in [2.75, 3.05) is 29.5 Å². The summed E-state index contributed by atoms with van der Waals surface area (Å²) < 4.78 is 30.0. The van der Waals surface area contributed by atoms with Crippen molar-refractivity contribution in [2.45, 2.75) is 6.92 Å². The highest BCUT2D eigenvalue weighted by atomic mass is 32.2. The van der Waals surface area contributed by atoms with Gasteiger partial charge in [0.25, 0.3) is 11.6 Å². The minimum Gasteiger partial charge on any atom is -0.495 e. The summed E-state index contributed by atoms with van der Waals surface area (Å²) in [6.45, 7) is 1.54. The average molecular weight is 393 g/mol. The van der Waals surface area contributed by atoms with E-state index in [0.717, 1.165) is 4.31 Å². The van der Waals surface area contributed by atoms with E-state index < -0.39 is 20.9 Å². The van der Waals surface area contributed by atoms with E-state index in [4.69, 9.17) is 4.74 Å². The number of nitrogens with zero attached hydrogens (tertiary/aromatic N) is 2. The van der Waals surface area contributed by atoms with Crippen molar-refractivity contribution in [3.8, 4) is 5.75 Å². The number of non-ortho nitro benzene ring substituents is 1. The zero-order chi connectivity index (χ0) is 20.2. The lowest BCUT2D eigenvalue weighted by atomic mass is 10.2. The molecule has 0 aromatic heterocycles. The molecule has 2 rings (SSSR count). The summed E-state index contributed by atoms with van der Waals surface area (Å²) in [5, 5.41) is 13.5. The van der Waals surface area contributed by atoms with E-state index in [0.29, 0.717) is 5.69 Å². The Kier molecular flexibility index (Phi) is 6.01. The van der Waals surface area contributed by atoms with Crippen molar-refractivity contribution in [2.24, 2.45) is 0 Å². The minimum atomic E-state index is -3.40. The molecule has 0 radical (unpaired) electrons. The Balaban J connectivity index is 2.24. The molecule has 0 unspecified atom stereocenters. The van der Waals surface area contributed by atoms with Gasteiger partial charge in [-0.2, -0.15) is 0 Å². The molecule has 0 saturated heterocycles. The van der Waals surface area contributed by atoms with Crippen LogP contribution in [0.2, 0.25) is 0 Å². The van der Waals surface area contributed by atoms with Crippen molar-refractivity contribution in [3.63, 3.8) is 0 Å². The molecule has 1 amide bonds. The summed E-state index contributed by atoms with van der Waals surface area (Å²) in [5.74, 6) is -0.279. The smallest absolute Gasteiger partial charge is 0.271 e. The van der Waals surface area contributed by atoms with E-state index in [1.807, 2.05) is 0 Å². The Bertz CT molecular complexity index is 957. The van der Waals surface area contributed by atoms with Crippen LogP contribution in [0.15, 0.2) is 42.5 Å². The third-order valence-corrected chi connectivity index (χ3v) is 5.69. The number of hydrogen-bond donors (Lipinski definition) is 1. The number of rotatable bonds is 7. The van der Waals surface area contributed by atoms with Crippen molar-refractivity contribution >= 4 is 33.0 Å². The number of benzene rings is 2. The van der Waals surface area contributed by atoms with Gasteiger partial charge in [0, 0.05) is 24.7 Å². The number of sulfonamides is 1. The van der Waals surface area contributed by atoms with Crippen molar-refractivity contribution in [1.82, 2.24) is 0 Å². The van der Waals surface area contributed by atoms with Gasteiger partial charge in [0.1, 0.15) is 5.75 Å². The molecule has 2 aromatic rings. The highest BCUT2D eigenvalue weighted by molar-refractivity contribution is 7.92. The zero-order valence-electron chi connectivity index (χ0n) is 15.0. The maximum Gasteiger partial charge on any atom is 0.271 e. The topological polar surface area (TPSA) is 119 Å². The first-order chi connectivity index (χ1) is 12.7. The predicted molar refractivity (Wildman–Crippen MR) is 102 cm³/mol. The van der Waals surface area contributed by atoms with Gasteiger partial charge in [-0.25, -0.2) is 8.42 Å². The number of anilines is 2. The normalized spacial score (nSPS) is 10.9. The summed E-state index contributed by atoms with van der Waals surface area (Å²) >= 11 is 0. The minimum absolute atomic E-state index is 0.0433. The number of amides is 1. The van der Waals surface area contributed by atoms with Gasteiger partial charge >= 0.3 is 0 Å². The highest BCUT2D eigenvalue weighted by Crippen LogP contribution is 2.29. The van der Waals surface area contributed by atoms with Crippen LogP contribution in [-0.4, -0.2) is 39.2 Å². The standard InChI is InChI=1S/C17H19N3O6S/c1-4-27(24,25)19(2)13-7-5-12(6-8-13)17(21)18-15-11-14(20(22)23)9-10-16(15)26-3/h5-11H,4H2,1-3H3,(H,18,21). The molecule has 0 bridgehead atoms. The van der Waals surface area contributed by atoms with Crippen LogP contribution >= 0.6 is 0 Å². The first kappa shape index (κ1) is 20.2. The fourth-order valence-corrected chi connectivity index (χ4v) is 3.11. The first-order valence-corrected chi connectivity index (χ1v) is 9.51. The summed E-state index contributed by atoms with van der Waals surface area (Å²) in [5.41, 5.74) is 0.648. The van der Waals surface area contributed by atoms with Crippen LogP contribution in [-0.2, 0) is 10.0 Å². The van der Waals surface area contributed by atoms with Gasteiger partial charge in [-0.15, -0.1) is 0 Å². The maximum atomic E-state index is 12.4. The third kappa shape index (κ3) is 4.53. The van der Waals surface area contributed by atoms with E-state index in [2.05, 4.69) is 5.32 Å². The number of carbonyl (C=O) groups excluding carboxylic acids is 1. The lowest BCUT2D eigenvalue weighted by molar-refractivity contribution is -0.384. The number of methoxy groups -OCH3 is 1. The van der Waals surface area contributed by atoms with Crippen LogP contribution in [0.25, 0.3) is 0 Å². The maximum absolute atomic E-state index is 12.4. The molecule has 144 valence electrons. The molecule has 0 aliphatic rings. The Morgan fingerprint density at radius 2 is 1.85 bits per heavy atom. The summed E-state index contributed by atoms with van der Waals surface area (Å²) in [6, 6.07) is 9.81. The van der Waals surface area contributed by atoms with Crippen LogP contribution in [0.1, 0.15) is 17.3 Å². The van der Waals surface area contributed by atoms with Gasteiger partial charge in [0.05, 0.1) is 29.2 Å². The average Bonchev–Trinajstić information content (AvgIpc) is 2.67. The molecule has 0 aliphatic heterocycles. The van der Waals surface area contributed by atoms with Gasteiger partial charge in [0.2, 0.25) is 10.0 Å². The second kappa shape index (κ2) is 8.04. The summed E-state index contributed by atoms with van der Waals surface area (Å²) in [7, 11) is -0.585. The molecular formula is C17H19N3O6S. The Labute approximate surface area is 156 Å². The van der Waals surface area contributed by atoms with Crippen molar-refractivity contribution in [3.05, 3.63) is 58.1 Å². The largest absolute Gasteiger partial charge is 0.495 e. The van der Waals surface area contributed by atoms with Gasteiger partial charge in [-0.1, -0.05) is 0 Å². The molecule has 0 aliphatic carbocycles. The van der Waals surface area contributed by atoms with Crippen molar-refractivity contribution < 1.29 is 22.9 Å². The number of ether oxygens (including phenoxy) is 1. The molecule has 1 N–H and O–H groups in total. The van der Waals surface area contributed by atoms with Crippen LogP contribution in [0, 0.1) is 10.1 Å². The van der Waals surface area contributed by atoms with E-state index >= 15 is 0 Å². The third-order valence-electron chi connectivity index (χ3n) is 3.92. The molecule has 10 heteroatoms. The second-order valence-electron chi connectivity index (χ2n) is 5.51. The highest BCUT2D eigenvalue weighted by Gasteiger charge is 2.17. The Morgan fingerprint density at radius 1 is 1.22 bits per heavy atom. The summed E-state index contributed by atoms with van der Waals surface area (Å²) in [4.78, 5) is 22.8. The van der Waals surface area contributed by atoms with Crippen molar-refractivity contribution in [1.29, 1.82) is 0 Å². The van der Waals surface area contributed by atoms with E-state index in [1.165, 1.54) is 56.6 Å². The number of nitrogens with one attached hydrogen (secondary N) is 1. The lowest BCUT2D eigenvalue weighted by Gasteiger charge is -2.18. The second-order valence-corrected chi connectivity index (χ2v) is 7.80.